The fourth-order valence-corrected chi connectivity index (χ4v) is 2.42. The average molecular weight is 229 g/mol. The third-order valence-corrected chi connectivity index (χ3v) is 3.58. The van der Waals surface area contributed by atoms with Crippen molar-refractivity contribution < 1.29 is 0 Å². The lowest BCUT2D eigenvalue weighted by atomic mass is 9.79. The molecular formula is C16H23N. The summed E-state index contributed by atoms with van der Waals surface area (Å²) in [5.41, 5.74) is 1.39. The van der Waals surface area contributed by atoms with Gasteiger partial charge in [0.25, 0.3) is 0 Å². The molecule has 1 nitrogen and oxygen atoms in total. The largest absolute Gasteiger partial charge is 0.315 e. The van der Waals surface area contributed by atoms with Crippen molar-refractivity contribution in [1.29, 1.82) is 0 Å². The standard InChI is InChI=1S/C16H23N/c1-5-10-15(17-4)16(13(3)6-2)14-11-8-7-9-12-14/h1,7-9,11-13,15-17H,6,10H2,2-4H3. The first-order chi connectivity index (χ1) is 8.24. The maximum absolute atomic E-state index is 5.47. The highest BCUT2D eigenvalue weighted by Crippen LogP contribution is 2.31. The SMILES string of the molecule is C#CCC(NC)C(c1ccccc1)C(C)CC. The van der Waals surface area contributed by atoms with Crippen LogP contribution in [0, 0.1) is 18.3 Å². The number of rotatable bonds is 6. The summed E-state index contributed by atoms with van der Waals surface area (Å²) in [5, 5.41) is 3.37. The normalized spacial score (nSPS) is 15.9. The molecule has 0 heterocycles. The maximum Gasteiger partial charge on any atom is 0.0246 e. The fourth-order valence-electron chi connectivity index (χ4n) is 2.42. The van der Waals surface area contributed by atoms with Crippen molar-refractivity contribution in [3.63, 3.8) is 0 Å². The molecule has 0 spiro atoms. The van der Waals surface area contributed by atoms with Crippen LogP contribution in [0.4, 0.5) is 0 Å². The molecule has 0 aliphatic carbocycles. The highest BCUT2D eigenvalue weighted by Gasteiger charge is 2.25. The van der Waals surface area contributed by atoms with Crippen molar-refractivity contribution >= 4 is 0 Å². The zero-order chi connectivity index (χ0) is 12.7. The molecule has 0 aromatic heterocycles. The van der Waals surface area contributed by atoms with E-state index in [0.29, 0.717) is 17.9 Å². The molecule has 3 unspecified atom stereocenters. The Kier molecular flexibility index (Phi) is 5.80. The van der Waals surface area contributed by atoms with E-state index in [9.17, 15) is 0 Å². The van der Waals surface area contributed by atoms with E-state index in [0.717, 1.165) is 6.42 Å². The van der Waals surface area contributed by atoms with Crippen LogP contribution in [0.2, 0.25) is 0 Å². The average Bonchev–Trinajstić information content (AvgIpc) is 2.39. The molecule has 1 rings (SSSR count). The summed E-state index contributed by atoms with van der Waals surface area (Å²) in [4.78, 5) is 0. The van der Waals surface area contributed by atoms with Gasteiger partial charge >= 0.3 is 0 Å². The first kappa shape index (κ1) is 13.8. The lowest BCUT2D eigenvalue weighted by Crippen LogP contribution is -2.35. The van der Waals surface area contributed by atoms with Crippen molar-refractivity contribution in [2.45, 2.75) is 38.6 Å². The van der Waals surface area contributed by atoms with Crippen molar-refractivity contribution in [2.75, 3.05) is 7.05 Å². The Bertz CT molecular complexity index is 350. The van der Waals surface area contributed by atoms with Gasteiger partial charge in [-0.1, -0.05) is 50.6 Å². The number of likely N-dealkylation sites (N-methyl/N-ethyl adjacent to an activating group) is 1. The molecule has 3 atom stereocenters. The molecule has 0 amide bonds. The summed E-state index contributed by atoms with van der Waals surface area (Å²) in [7, 11) is 2.00. The monoisotopic (exact) mass is 229 g/mol. The van der Waals surface area contributed by atoms with E-state index < -0.39 is 0 Å². The minimum Gasteiger partial charge on any atom is -0.315 e. The van der Waals surface area contributed by atoms with Gasteiger partial charge < -0.3 is 5.32 Å². The molecule has 0 saturated carbocycles. The van der Waals surface area contributed by atoms with Gasteiger partial charge in [0.2, 0.25) is 0 Å². The first-order valence-corrected chi connectivity index (χ1v) is 6.40. The van der Waals surface area contributed by atoms with E-state index in [1.54, 1.807) is 0 Å². The van der Waals surface area contributed by atoms with Crippen LogP contribution < -0.4 is 5.32 Å². The Balaban J connectivity index is 2.99. The smallest absolute Gasteiger partial charge is 0.0246 e. The molecule has 0 bridgehead atoms. The minimum absolute atomic E-state index is 0.359. The number of benzene rings is 1. The zero-order valence-electron chi connectivity index (χ0n) is 11.1. The van der Waals surface area contributed by atoms with Gasteiger partial charge in [-0.2, -0.15) is 0 Å². The summed E-state index contributed by atoms with van der Waals surface area (Å²) in [5.74, 6) is 3.90. The summed E-state index contributed by atoms with van der Waals surface area (Å²) < 4.78 is 0. The summed E-state index contributed by atoms with van der Waals surface area (Å²) in [6.45, 7) is 4.54. The van der Waals surface area contributed by atoms with Crippen LogP contribution >= 0.6 is 0 Å². The molecule has 1 N–H and O–H groups in total. The lowest BCUT2D eigenvalue weighted by Gasteiger charge is -2.31. The topological polar surface area (TPSA) is 12.0 Å². The molecule has 1 aromatic carbocycles. The van der Waals surface area contributed by atoms with Crippen molar-refractivity contribution in [3.05, 3.63) is 35.9 Å². The molecule has 17 heavy (non-hydrogen) atoms. The van der Waals surface area contributed by atoms with Crippen LogP contribution in [0.1, 0.15) is 38.2 Å². The van der Waals surface area contributed by atoms with Gasteiger partial charge in [0.15, 0.2) is 0 Å². The van der Waals surface area contributed by atoms with E-state index in [2.05, 4.69) is 55.4 Å². The van der Waals surface area contributed by atoms with Gasteiger partial charge in [0.05, 0.1) is 0 Å². The van der Waals surface area contributed by atoms with Gasteiger partial charge in [0.1, 0.15) is 0 Å². The van der Waals surface area contributed by atoms with Crippen LogP contribution in [0.3, 0.4) is 0 Å². The summed E-state index contributed by atoms with van der Waals surface area (Å²) in [6, 6.07) is 11.0. The summed E-state index contributed by atoms with van der Waals surface area (Å²) in [6.07, 6.45) is 7.42. The molecule has 0 aliphatic heterocycles. The number of nitrogens with one attached hydrogen (secondary N) is 1. The third kappa shape index (κ3) is 3.61. The van der Waals surface area contributed by atoms with Crippen molar-refractivity contribution in [1.82, 2.24) is 5.32 Å². The van der Waals surface area contributed by atoms with Crippen LogP contribution in [-0.4, -0.2) is 13.1 Å². The maximum atomic E-state index is 5.47. The van der Waals surface area contributed by atoms with Gasteiger partial charge in [-0.15, -0.1) is 12.3 Å². The third-order valence-electron chi connectivity index (χ3n) is 3.58. The number of hydrogen-bond acceptors (Lipinski definition) is 1. The molecule has 0 saturated heterocycles. The van der Waals surface area contributed by atoms with E-state index >= 15 is 0 Å². The quantitative estimate of drug-likeness (QED) is 0.737. The number of terminal acetylenes is 1. The van der Waals surface area contributed by atoms with Gasteiger partial charge in [-0.3, -0.25) is 0 Å². The fraction of sp³-hybridized carbons (Fsp3) is 0.500. The zero-order valence-corrected chi connectivity index (χ0v) is 11.1. The van der Waals surface area contributed by atoms with Crippen LogP contribution in [0.5, 0.6) is 0 Å². The second-order valence-electron chi connectivity index (χ2n) is 4.63. The lowest BCUT2D eigenvalue weighted by molar-refractivity contribution is 0.352. The van der Waals surface area contributed by atoms with Crippen LogP contribution in [0.15, 0.2) is 30.3 Å². The minimum atomic E-state index is 0.359. The summed E-state index contributed by atoms with van der Waals surface area (Å²) >= 11 is 0. The second kappa shape index (κ2) is 7.14. The van der Waals surface area contributed by atoms with E-state index in [1.165, 1.54) is 12.0 Å². The highest BCUT2D eigenvalue weighted by atomic mass is 14.9. The van der Waals surface area contributed by atoms with Gasteiger partial charge in [-0.05, 0) is 18.5 Å². The molecule has 1 heteroatoms. The molecular weight excluding hydrogens is 206 g/mol. The predicted octanol–water partition coefficient (Wildman–Crippen LogP) is 3.43. The Hall–Kier alpha value is -1.26. The Morgan fingerprint density at radius 2 is 1.94 bits per heavy atom. The Morgan fingerprint density at radius 1 is 1.29 bits per heavy atom. The number of hydrogen-bond donors (Lipinski definition) is 1. The highest BCUT2D eigenvalue weighted by molar-refractivity contribution is 5.23. The van der Waals surface area contributed by atoms with E-state index in [4.69, 9.17) is 6.42 Å². The molecule has 0 aliphatic rings. The van der Waals surface area contributed by atoms with Gasteiger partial charge in [-0.25, -0.2) is 0 Å². The Morgan fingerprint density at radius 3 is 2.41 bits per heavy atom. The molecule has 92 valence electrons. The van der Waals surface area contributed by atoms with Crippen molar-refractivity contribution in [2.24, 2.45) is 5.92 Å². The van der Waals surface area contributed by atoms with Crippen LogP contribution in [0.25, 0.3) is 0 Å². The van der Waals surface area contributed by atoms with E-state index in [1.807, 2.05) is 7.05 Å². The molecule has 0 radical (unpaired) electrons. The Labute approximate surface area is 106 Å². The van der Waals surface area contributed by atoms with Gasteiger partial charge in [0, 0.05) is 18.4 Å². The van der Waals surface area contributed by atoms with E-state index in [-0.39, 0.29) is 0 Å². The molecule has 0 fully saturated rings. The first-order valence-electron chi connectivity index (χ1n) is 6.40. The van der Waals surface area contributed by atoms with Crippen molar-refractivity contribution in [3.8, 4) is 12.3 Å². The van der Waals surface area contributed by atoms with Crippen LogP contribution in [-0.2, 0) is 0 Å². The molecule has 1 aromatic rings. The predicted molar refractivity (Wildman–Crippen MR) is 74.9 cm³/mol. The second-order valence-corrected chi connectivity index (χ2v) is 4.63.